The van der Waals surface area contributed by atoms with E-state index in [9.17, 15) is 4.39 Å². The summed E-state index contributed by atoms with van der Waals surface area (Å²) in [5.41, 5.74) is 6.58. The van der Waals surface area contributed by atoms with E-state index in [-0.39, 0.29) is 5.82 Å². The van der Waals surface area contributed by atoms with Gasteiger partial charge in [0.2, 0.25) is 5.69 Å². The van der Waals surface area contributed by atoms with Crippen molar-refractivity contribution in [3.05, 3.63) is 64.1 Å². The van der Waals surface area contributed by atoms with Gasteiger partial charge in [0.1, 0.15) is 12.9 Å². The maximum absolute atomic E-state index is 14.4. The van der Waals surface area contributed by atoms with Crippen molar-refractivity contribution in [3.8, 4) is 11.3 Å². The van der Waals surface area contributed by atoms with E-state index in [1.807, 2.05) is 40.8 Å². The van der Waals surface area contributed by atoms with Crippen LogP contribution in [0.25, 0.3) is 22.0 Å². The molecular formula is C24H29FN+. The van der Waals surface area contributed by atoms with E-state index in [4.69, 9.17) is 1.37 Å². The molecule has 136 valence electrons. The Morgan fingerprint density at radius 2 is 1.81 bits per heavy atom. The molecule has 1 aromatic heterocycles. The maximum Gasteiger partial charge on any atom is 0.220 e. The lowest BCUT2D eigenvalue weighted by Gasteiger charge is -2.15. The number of aryl methyl sites for hydroxylation is 1. The predicted molar refractivity (Wildman–Crippen MR) is 108 cm³/mol. The van der Waals surface area contributed by atoms with Crippen molar-refractivity contribution in [2.75, 3.05) is 0 Å². The number of hydrogen-bond donors (Lipinski definition) is 0. The van der Waals surface area contributed by atoms with Crippen LogP contribution in [-0.2, 0) is 7.05 Å². The van der Waals surface area contributed by atoms with Crippen LogP contribution in [0.1, 0.15) is 55.5 Å². The number of aromatic nitrogens is 1. The Kier molecular flexibility index (Phi) is 4.52. The standard InChI is InChI=1S/C24H29FN/c1-8-14(2)19-9-10-21-20(13-19)12-16(4)26(7)24(21)22-11-15(3)23(25)18(6)17(22)5/h9-14H,8H2,1-7H3/q+1/i12D. The molecule has 1 unspecified atom stereocenters. The third-order valence-electron chi connectivity index (χ3n) is 5.89. The van der Waals surface area contributed by atoms with Gasteiger partial charge in [0, 0.05) is 13.0 Å². The molecule has 0 aliphatic heterocycles. The first-order valence-corrected chi connectivity index (χ1v) is 9.38. The maximum atomic E-state index is 14.4. The summed E-state index contributed by atoms with van der Waals surface area (Å²) < 4.78 is 25.1. The molecule has 26 heavy (non-hydrogen) atoms. The van der Waals surface area contributed by atoms with E-state index < -0.39 is 0 Å². The lowest BCUT2D eigenvalue weighted by molar-refractivity contribution is -0.665. The van der Waals surface area contributed by atoms with Gasteiger partial charge in [-0.3, -0.25) is 0 Å². The van der Waals surface area contributed by atoms with Crippen LogP contribution in [0, 0.1) is 33.5 Å². The van der Waals surface area contributed by atoms with Crippen molar-refractivity contribution in [1.29, 1.82) is 0 Å². The van der Waals surface area contributed by atoms with Gasteiger partial charge in [-0.1, -0.05) is 26.0 Å². The Labute approximate surface area is 157 Å². The summed E-state index contributed by atoms with van der Waals surface area (Å²) in [6.45, 7) is 12.0. The van der Waals surface area contributed by atoms with Crippen LogP contribution in [-0.4, -0.2) is 0 Å². The van der Waals surface area contributed by atoms with Crippen LogP contribution in [0.4, 0.5) is 4.39 Å². The molecule has 1 heterocycles. The monoisotopic (exact) mass is 351 g/mol. The van der Waals surface area contributed by atoms with Crippen LogP contribution in [0.2, 0.25) is 0 Å². The van der Waals surface area contributed by atoms with Gasteiger partial charge < -0.3 is 0 Å². The highest BCUT2D eigenvalue weighted by molar-refractivity contribution is 5.94. The highest BCUT2D eigenvalue weighted by Crippen LogP contribution is 2.33. The molecule has 0 saturated carbocycles. The summed E-state index contributed by atoms with van der Waals surface area (Å²) in [6.07, 6.45) is 1.07. The van der Waals surface area contributed by atoms with E-state index in [0.717, 1.165) is 39.7 Å². The van der Waals surface area contributed by atoms with Crippen LogP contribution < -0.4 is 4.57 Å². The number of fused-ring (bicyclic) bond motifs is 1. The number of pyridine rings is 1. The molecule has 1 atom stereocenters. The number of hydrogen-bond acceptors (Lipinski definition) is 0. The predicted octanol–water partition coefficient (Wildman–Crippen LogP) is 6.22. The Morgan fingerprint density at radius 1 is 1.12 bits per heavy atom. The average molecular weight is 352 g/mol. The molecule has 0 fully saturated rings. The van der Waals surface area contributed by atoms with Gasteiger partial charge in [-0.25, -0.2) is 4.39 Å². The Bertz CT molecular complexity index is 1050. The quantitative estimate of drug-likeness (QED) is 0.493. The molecule has 3 aromatic rings. The van der Waals surface area contributed by atoms with Gasteiger partial charge in [0.15, 0.2) is 5.69 Å². The van der Waals surface area contributed by atoms with Crippen LogP contribution in [0.5, 0.6) is 0 Å². The zero-order valence-electron chi connectivity index (χ0n) is 17.9. The van der Waals surface area contributed by atoms with Gasteiger partial charge >= 0.3 is 0 Å². The van der Waals surface area contributed by atoms with E-state index in [0.29, 0.717) is 23.1 Å². The number of nitrogens with zero attached hydrogens (tertiary/aromatic N) is 1. The highest BCUT2D eigenvalue weighted by atomic mass is 19.1. The summed E-state index contributed by atoms with van der Waals surface area (Å²) in [7, 11) is 2.00. The fourth-order valence-electron chi connectivity index (χ4n) is 3.66. The Morgan fingerprint density at radius 3 is 2.46 bits per heavy atom. The van der Waals surface area contributed by atoms with Crippen molar-refractivity contribution in [2.24, 2.45) is 7.05 Å². The van der Waals surface area contributed by atoms with Gasteiger partial charge in [-0.15, -0.1) is 0 Å². The molecule has 0 aliphatic carbocycles. The normalized spacial score (nSPS) is 13.2. The van der Waals surface area contributed by atoms with Crippen molar-refractivity contribution in [2.45, 2.75) is 53.9 Å². The minimum atomic E-state index is -0.129. The molecule has 0 N–H and O–H groups in total. The second-order valence-electron chi connectivity index (χ2n) is 7.54. The Balaban J connectivity index is 2.44. The molecule has 0 aliphatic rings. The zero-order chi connectivity index (χ0) is 20.0. The lowest BCUT2D eigenvalue weighted by atomic mass is 9.91. The molecule has 2 aromatic carbocycles. The molecular weight excluding hydrogens is 321 g/mol. The van der Waals surface area contributed by atoms with E-state index in [1.165, 1.54) is 5.56 Å². The first-order chi connectivity index (χ1) is 12.7. The molecule has 0 radical (unpaired) electrons. The van der Waals surface area contributed by atoms with E-state index >= 15 is 0 Å². The second-order valence-corrected chi connectivity index (χ2v) is 7.54. The van der Waals surface area contributed by atoms with Gasteiger partial charge in [0.05, 0.1) is 12.3 Å². The SMILES string of the molecule is [2H]c1c(C)[n+](C)c(-c2cc(C)c(F)c(C)c2C)c2ccc(C(C)CC)cc12. The lowest BCUT2D eigenvalue weighted by Crippen LogP contribution is -2.35. The first kappa shape index (κ1) is 17.2. The fourth-order valence-corrected chi connectivity index (χ4v) is 3.66. The van der Waals surface area contributed by atoms with E-state index in [1.54, 1.807) is 0 Å². The minimum Gasteiger partial charge on any atom is -0.206 e. The van der Waals surface area contributed by atoms with Crippen LogP contribution in [0.3, 0.4) is 0 Å². The summed E-state index contributed by atoms with van der Waals surface area (Å²) >= 11 is 0. The second kappa shape index (κ2) is 6.83. The summed E-state index contributed by atoms with van der Waals surface area (Å²) in [5.74, 6) is 0.333. The van der Waals surface area contributed by atoms with Gasteiger partial charge in [-0.2, -0.15) is 4.57 Å². The molecule has 3 rings (SSSR count). The number of halogens is 1. The zero-order valence-corrected chi connectivity index (χ0v) is 16.9. The minimum absolute atomic E-state index is 0.129. The molecule has 0 spiro atoms. The van der Waals surface area contributed by atoms with Crippen LogP contribution >= 0.6 is 0 Å². The molecule has 0 amide bonds. The largest absolute Gasteiger partial charge is 0.220 e. The average Bonchev–Trinajstić information content (AvgIpc) is 2.67. The highest BCUT2D eigenvalue weighted by Gasteiger charge is 2.22. The smallest absolute Gasteiger partial charge is 0.206 e. The summed E-state index contributed by atoms with van der Waals surface area (Å²) in [6, 6.07) is 8.98. The molecule has 2 heteroatoms. The van der Waals surface area contributed by atoms with Gasteiger partial charge in [0.25, 0.3) is 0 Å². The number of rotatable bonds is 3. The van der Waals surface area contributed by atoms with Crippen molar-refractivity contribution >= 4 is 10.8 Å². The molecule has 1 nitrogen and oxygen atoms in total. The van der Waals surface area contributed by atoms with E-state index in [2.05, 4.69) is 36.6 Å². The third-order valence-corrected chi connectivity index (χ3v) is 5.89. The summed E-state index contributed by atoms with van der Waals surface area (Å²) in [4.78, 5) is 0. The number of benzene rings is 2. The van der Waals surface area contributed by atoms with Crippen molar-refractivity contribution in [3.63, 3.8) is 0 Å². The fraction of sp³-hybridized carbons (Fsp3) is 0.375. The van der Waals surface area contributed by atoms with Crippen LogP contribution in [0.15, 0.2) is 30.3 Å². The third kappa shape index (κ3) is 2.92. The van der Waals surface area contributed by atoms with Crippen molar-refractivity contribution < 1.29 is 10.3 Å². The molecule has 0 saturated heterocycles. The Hall–Kier alpha value is -2.22. The topological polar surface area (TPSA) is 3.88 Å². The molecule has 0 bridgehead atoms. The summed E-state index contributed by atoms with van der Waals surface area (Å²) in [5, 5.41) is 2.02. The first-order valence-electron chi connectivity index (χ1n) is 9.88. The van der Waals surface area contributed by atoms with Crippen molar-refractivity contribution in [1.82, 2.24) is 0 Å². The van der Waals surface area contributed by atoms with Gasteiger partial charge in [-0.05, 0) is 72.9 Å².